The number of hydrogen-bond acceptors (Lipinski definition) is 1. The molecule has 0 spiro atoms. The standard InChI is InChI=1S/C12H16O/c13-10-4-3-6-11-5-1-2-7-12(10,11)9-8-11/h3-4H,1-2,5-9H2. The molecule has 0 saturated heterocycles. The molecule has 0 heterocycles. The first-order valence-corrected chi connectivity index (χ1v) is 5.50. The Morgan fingerprint density at radius 1 is 1.08 bits per heavy atom. The lowest BCUT2D eigenvalue weighted by atomic mass is 9.40. The molecular formula is C12H16O. The zero-order valence-corrected chi connectivity index (χ0v) is 8.01. The van der Waals surface area contributed by atoms with Crippen LogP contribution in [0.4, 0.5) is 0 Å². The first kappa shape index (κ1) is 7.78. The molecule has 2 atom stereocenters. The van der Waals surface area contributed by atoms with Crippen LogP contribution in [0, 0.1) is 10.8 Å². The Hall–Kier alpha value is -0.590. The number of rotatable bonds is 0. The van der Waals surface area contributed by atoms with E-state index < -0.39 is 0 Å². The second-order valence-corrected chi connectivity index (χ2v) is 5.04. The Morgan fingerprint density at radius 3 is 2.62 bits per heavy atom. The highest BCUT2D eigenvalue weighted by molar-refractivity contribution is 5.97. The average Bonchev–Trinajstić information content (AvgIpc) is 2.11. The highest BCUT2D eigenvalue weighted by Gasteiger charge is 2.62. The van der Waals surface area contributed by atoms with E-state index >= 15 is 0 Å². The molecule has 3 rings (SSSR count). The van der Waals surface area contributed by atoms with Gasteiger partial charge in [0, 0.05) is 5.41 Å². The third-order valence-corrected chi connectivity index (χ3v) is 4.80. The van der Waals surface area contributed by atoms with Crippen LogP contribution >= 0.6 is 0 Å². The fourth-order valence-electron chi connectivity index (χ4n) is 3.88. The summed E-state index contributed by atoms with van der Waals surface area (Å²) in [6.07, 6.45) is 12.7. The fraction of sp³-hybridized carbons (Fsp3) is 0.750. The summed E-state index contributed by atoms with van der Waals surface area (Å²) in [5.41, 5.74) is 0.553. The number of carbonyl (C=O) groups excluding carboxylic acids is 1. The van der Waals surface area contributed by atoms with Crippen molar-refractivity contribution in [2.24, 2.45) is 10.8 Å². The van der Waals surface area contributed by atoms with Crippen LogP contribution in [0.15, 0.2) is 12.2 Å². The van der Waals surface area contributed by atoms with Gasteiger partial charge >= 0.3 is 0 Å². The Balaban J connectivity index is 2.07. The molecule has 0 N–H and O–H groups in total. The maximum Gasteiger partial charge on any atom is 0.162 e. The lowest BCUT2D eigenvalue weighted by Crippen LogP contribution is -2.58. The molecule has 0 bridgehead atoms. The van der Waals surface area contributed by atoms with Crippen molar-refractivity contribution in [3.8, 4) is 0 Å². The molecule has 1 heteroatoms. The van der Waals surface area contributed by atoms with Crippen LogP contribution in [0.25, 0.3) is 0 Å². The van der Waals surface area contributed by atoms with Crippen molar-refractivity contribution in [1.82, 2.24) is 0 Å². The van der Waals surface area contributed by atoms with Gasteiger partial charge in [-0.2, -0.15) is 0 Å². The van der Waals surface area contributed by atoms with Crippen molar-refractivity contribution < 1.29 is 4.79 Å². The first-order chi connectivity index (χ1) is 6.29. The van der Waals surface area contributed by atoms with Crippen molar-refractivity contribution in [3.05, 3.63) is 12.2 Å². The molecule has 0 aromatic rings. The Labute approximate surface area is 79.2 Å². The lowest BCUT2D eigenvalue weighted by molar-refractivity contribution is -0.160. The minimum atomic E-state index is 0.125. The Bertz CT molecular complexity index is 291. The van der Waals surface area contributed by atoms with Crippen molar-refractivity contribution in [2.75, 3.05) is 0 Å². The third kappa shape index (κ3) is 0.722. The molecular weight excluding hydrogens is 160 g/mol. The summed E-state index contributed by atoms with van der Waals surface area (Å²) >= 11 is 0. The molecule has 2 saturated carbocycles. The number of allylic oxidation sites excluding steroid dienone is 2. The molecule has 13 heavy (non-hydrogen) atoms. The van der Waals surface area contributed by atoms with E-state index in [-0.39, 0.29) is 5.41 Å². The predicted molar refractivity (Wildman–Crippen MR) is 51.3 cm³/mol. The van der Waals surface area contributed by atoms with Gasteiger partial charge in [0.15, 0.2) is 5.78 Å². The summed E-state index contributed by atoms with van der Waals surface area (Å²) in [7, 11) is 0. The summed E-state index contributed by atoms with van der Waals surface area (Å²) in [4.78, 5) is 11.9. The van der Waals surface area contributed by atoms with E-state index in [0.29, 0.717) is 11.2 Å². The minimum absolute atomic E-state index is 0.125. The van der Waals surface area contributed by atoms with Crippen LogP contribution in [-0.4, -0.2) is 5.78 Å². The van der Waals surface area contributed by atoms with Gasteiger partial charge in [0.1, 0.15) is 0 Å². The summed E-state index contributed by atoms with van der Waals surface area (Å²) in [6.45, 7) is 0. The third-order valence-electron chi connectivity index (χ3n) is 4.80. The molecule has 0 radical (unpaired) electrons. The Morgan fingerprint density at radius 2 is 1.92 bits per heavy atom. The molecule has 2 unspecified atom stereocenters. The van der Waals surface area contributed by atoms with E-state index in [1.54, 1.807) is 0 Å². The zero-order valence-electron chi connectivity index (χ0n) is 8.01. The van der Waals surface area contributed by atoms with Gasteiger partial charge < -0.3 is 0 Å². The fourth-order valence-corrected chi connectivity index (χ4v) is 3.88. The van der Waals surface area contributed by atoms with E-state index in [1.807, 2.05) is 6.08 Å². The van der Waals surface area contributed by atoms with Crippen LogP contribution in [0.2, 0.25) is 0 Å². The van der Waals surface area contributed by atoms with Crippen LogP contribution in [-0.2, 0) is 4.79 Å². The molecule has 3 aliphatic rings. The monoisotopic (exact) mass is 176 g/mol. The van der Waals surface area contributed by atoms with Crippen molar-refractivity contribution in [2.45, 2.75) is 44.9 Å². The molecule has 1 nitrogen and oxygen atoms in total. The van der Waals surface area contributed by atoms with Gasteiger partial charge in [0.25, 0.3) is 0 Å². The maximum absolute atomic E-state index is 11.9. The van der Waals surface area contributed by atoms with E-state index in [1.165, 1.54) is 44.9 Å². The van der Waals surface area contributed by atoms with Crippen LogP contribution in [0.3, 0.4) is 0 Å². The van der Waals surface area contributed by atoms with Gasteiger partial charge in [-0.3, -0.25) is 4.79 Å². The number of ketones is 1. The van der Waals surface area contributed by atoms with Gasteiger partial charge in [-0.1, -0.05) is 18.9 Å². The van der Waals surface area contributed by atoms with Crippen molar-refractivity contribution in [3.63, 3.8) is 0 Å². The largest absolute Gasteiger partial charge is 0.294 e. The molecule has 0 aromatic carbocycles. The van der Waals surface area contributed by atoms with E-state index in [4.69, 9.17) is 0 Å². The van der Waals surface area contributed by atoms with Gasteiger partial charge in [0.05, 0.1) is 0 Å². The number of carbonyl (C=O) groups is 1. The zero-order chi connectivity index (χ0) is 8.94. The second-order valence-electron chi connectivity index (χ2n) is 5.04. The Kier molecular flexibility index (Phi) is 1.35. The van der Waals surface area contributed by atoms with Crippen molar-refractivity contribution in [1.29, 1.82) is 0 Å². The van der Waals surface area contributed by atoms with Gasteiger partial charge in [-0.05, 0) is 43.6 Å². The molecule has 0 aromatic heterocycles. The van der Waals surface area contributed by atoms with Crippen LogP contribution < -0.4 is 0 Å². The summed E-state index contributed by atoms with van der Waals surface area (Å²) in [5.74, 6) is 0.449. The van der Waals surface area contributed by atoms with Crippen molar-refractivity contribution >= 4 is 5.78 Å². The van der Waals surface area contributed by atoms with Gasteiger partial charge in [-0.15, -0.1) is 0 Å². The quantitative estimate of drug-likeness (QED) is 0.554. The van der Waals surface area contributed by atoms with Crippen LogP contribution in [0.1, 0.15) is 44.9 Å². The second kappa shape index (κ2) is 2.26. The SMILES string of the molecule is O=C1C=CCC23CCCCC12CC3. The summed E-state index contributed by atoms with van der Waals surface area (Å²) in [6, 6.07) is 0. The predicted octanol–water partition coefficient (Wildman–Crippen LogP) is 2.86. The topological polar surface area (TPSA) is 17.1 Å². The average molecular weight is 176 g/mol. The molecule has 2 fully saturated rings. The van der Waals surface area contributed by atoms with Gasteiger partial charge in [0.2, 0.25) is 0 Å². The minimum Gasteiger partial charge on any atom is -0.294 e. The normalized spacial score (nSPS) is 47.8. The van der Waals surface area contributed by atoms with Gasteiger partial charge in [-0.25, -0.2) is 0 Å². The van der Waals surface area contributed by atoms with E-state index in [9.17, 15) is 4.79 Å². The molecule has 3 aliphatic carbocycles. The summed E-state index contributed by atoms with van der Waals surface area (Å²) in [5, 5.41) is 0. The van der Waals surface area contributed by atoms with E-state index in [0.717, 1.165) is 0 Å². The lowest BCUT2D eigenvalue weighted by Gasteiger charge is -2.62. The molecule has 0 amide bonds. The van der Waals surface area contributed by atoms with E-state index in [2.05, 4.69) is 6.08 Å². The number of hydrogen-bond donors (Lipinski definition) is 0. The smallest absolute Gasteiger partial charge is 0.162 e. The highest BCUT2D eigenvalue weighted by Crippen LogP contribution is 2.68. The highest BCUT2D eigenvalue weighted by atomic mass is 16.1. The first-order valence-electron chi connectivity index (χ1n) is 5.50. The van der Waals surface area contributed by atoms with Crippen LogP contribution in [0.5, 0.6) is 0 Å². The molecule has 70 valence electrons. The summed E-state index contributed by atoms with van der Waals surface area (Å²) < 4.78 is 0. The molecule has 0 aliphatic heterocycles. The maximum atomic E-state index is 11.9.